The summed E-state index contributed by atoms with van der Waals surface area (Å²) in [7, 11) is 3.14. The van der Waals surface area contributed by atoms with Crippen molar-refractivity contribution < 1.29 is 9.47 Å². The number of rotatable bonds is 3. The second kappa shape index (κ2) is 5.27. The standard InChI is InChI=1S/C14H13N3O2/c1-18-12-4-3-9(7-13(12)19-2)10-5-6-17-14(16)11(10)8-15/h3-7H,1-2H3,(H2,16,17). The van der Waals surface area contributed by atoms with Gasteiger partial charge in [0.05, 0.1) is 14.2 Å². The number of pyridine rings is 1. The smallest absolute Gasteiger partial charge is 0.161 e. The van der Waals surface area contributed by atoms with Gasteiger partial charge in [-0.2, -0.15) is 5.26 Å². The van der Waals surface area contributed by atoms with E-state index < -0.39 is 0 Å². The first-order valence-electron chi connectivity index (χ1n) is 5.58. The monoisotopic (exact) mass is 255 g/mol. The van der Waals surface area contributed by atoms with Crippen molar-refractivity contribution in [3.8, 4) is 28.7 Å². The number of aromatic nitrogens is 1. The number of nitriles is 1. The Morgan fingerprint density at radius 3 is 2.53 bits per heavy atom. The minimum absolute atomic E-state index is 0.217. The number of nitrogens with zero attached hydrogens (tertiary/aromatic N) is 2. The van der Waals surface area contributed by atoms with Crippen molar-refractivity contribution in [3.05, 3.63) is 36.0 Å². The van der Waals surface area contributed by atoms with Crippen LogP contribution in [-0.2, 0) is 0 Å². The van der Waals surface area contributed by atoms with E-state index in [-0.39, 0.29) is 5.82 Å². The topological polar surface area (TPSA) is 81.2 Å². The molecule has 2 rings (SSSR count). The quantitative estimate of drug-likeness (QED) is 0.909. The van der Waals surface area contributed by atoms with Crippen LogP contribution in [0.1, 0.15) is 5.56 Å². The Bertz CT molecular complexity index is 648. The number of hydrogen-bond acceptors (Lipinski definition) is 5. The molecule has 0 bridgehead atoms. The Hall–Kier alpha value is -2.74. The number of methoxy groups -OCH3 is 2. The van der Waals surface area contributed by atoms with Gasteiger partial charge < -0.3 is 15.2 Å². The summed E-state index contributed by atoms with van der Waals surface area (Å²) < 4.78 is 10.4. The molecule has 1 aromatic heterocycles. The van der Waals surface area contributed by atoms with Crippen LogP contribution in [0.3, 0.4) is 0 Å². The summed E-state index contributed by atoms with van der Waals surface area (Å²) in [6, 6.07) is 9.24. The van der Waals surface area contributed by atoms with Crippen LogP contribution in [0.4, 0.5) is 5.82 Å². The summed E-state index contributed by atoms with van der Waals surface area (Å²) >= 11 is 0. The summed E-state index contributed by atoms with van der Waals surface area (Å²) in [5, 5.41) is 9.16. The van der Waals surface area contributed by atoms with Gasteiger partial charge in [-0.05, 0) is 23.8 Å². The molecule has 0 amide bonds. The molecule has 0 spiro atoms. The van der Waals surface area contributed by atoms with E-state index in [1.54, 1.807) is 38.6 Å². The number of nitrogen functional groups attached to an aromatic ring is 1. The van der Waals surface area contributed by atoms with E-state index in [4.69, 9.17) is 20.5 Å². The average molecular weight is 255 g/mol. The highest BCUT2D eigenvalue weighted by atomic mass is 16.5. The molecule has 0 atom stereocenters. The molecule has 0 aliphatic heterocycles. The van der Waals surface area contributed by atoms with Crippen molar-refractivity contribution >= 4 is 5.82 Å². The van der Waals surface area contributed by atoms with Gasteiger partial charge in [0, 0.05) is 11.8 Å². The van der Waals surface area contributed by atoms with E-state index in [1.807, 2.05) is 6.07 Å². The molecule has 0 saturated carbocycles. The number of anilines is 1. The Kier molecular flexibility index (Phi) is 3.53. The van der Waals surface area contributed by atoms with Crippen LogP contribution in [0, 0.1) is 11.3 Å². The molecule has 1 aromatic carbocycles. The first kappa shape index (κ1) is 12.7. The average Bonchev–Trinajstić information content (AvgIpc) is 2.46. The lowest BCUT2D eigenvalue weighted by molar-refractivity contribution is 0.355. The fourth-order valence-electron chi connectivity index (χ4n) is 1.84. The lowest BCUT2D eigenvalue weighted by atomic mass is 10.0. The normalized spacial score (nSPS) is 9.74. The maximum absolute atomic E-state index is 9.16. The molecule has 5 heteroatoms. The summed E-state index contributed by atoms with van der Waals surface area (Å²) in [4.78, 5) is 3.91. The van der Waals surface area contributed by atoms with Gasteiger partial charge in [-0.1, -0.05) is 6.07 Å². The molecular weight excluding hydrogens is 242 g/mol. The van der Waals surface area contributed by atoms with E-state index in [0.717, 1.165) is 11.1 Å². The molecule has 2 aromatic rings. The van der Waals surface area contributed by atoms with E-state index in [2.05, 4.69) is 11.1 Å². The van der Waals surface area contributed by atoms with Gasteiger partial charge in [0.2, 0.25) is 0 Å². The molecule has 0 aliphatic carbocycles. The maximum atomic E-state index is 9.16. The highest BCUT2D eigenvalue weighted by Gasteiger charge is 2.11. The first-order valence-corrected chi connectivity index (χ1v) is 5.58. The molecule has 0 aliphatic rings. The Morgan fingerprint density at radius 1 is 1.16 bits per heavy atom. The molecule has 0 unspecified atom stereocenters. The lowest BCUT2D eigenvalue weighted by Crippen LogP contribution is -1.97. The predicted molar refractivity (Wildman–Crippen MR) is 71.9 cm³/mol. The third-order valence-corrected chi connectivity index (χ3v) is 2.79. The third kappa shape index (κ3) is 2.29. The van der Waals surface area contributed by atoms with Crippen molar-refractivity contribution in [2.45, 2.75) is 0 Å². The van der Waals surface area contributed by atoms with E-state index in [9.17, 15) is 0 Å². The molecule has 1 heterocycles. The minimum Gasteiger partial charge on any atom is -0.493 e. The van der Waals surface area contributed by atoms with Gasteiger partial charge in [0.15, 0.2) is 11.5 Å². The van der Waals surface area contributed by atoms with E-state index in [1.165, 1.54) is 0 Å². The van der Waals surface area contributed by atoms with Crippen molar-refractivity contribution in [1.82, 2.24) is 4.98 Å². The SMILES string of the molecule is COc1ccc(-c2ccnc(N)c2C#N)cc1OC. The molecule has 5 nitrogen and oxygen atoms in total. The van der Waals surface area contributed by atoms with Crippen LogP contribution in [0.5, 0.6) is 11.5 Å². The van der Waals surface area contributed by atoms with Crippen LogP contribution >= 0.6 is 0 Å². The zero-order chi connectivity index (χ0) is 13.8. The zero-order valence-electron chi connectivity index (χ0n) is 10.7. The van der Waals surface area contributed by atoms with Crippen molar-refractivity contribution in [2.24, 2.45) is 0 Å². The van der Waals surface area contributed by atoms with Crippen LogP contribution in [0.25, 0.3) is 11.1 Å². The maximum Gasteiger partial charge on any atom is 0.161 e. The lowest BCUT2D eigenvalue weighted by Gasteiger charge is -2.11. The molecule has 0 saturated heterocycles. The molecule has 0 fully saturated rings. The van der Waals surface area contributed by atoms with Crippen molar-refractivity contribution in [3.63, 3.8) is 0 Å². The highest BCUT2D eigenvalue weighted by molar-refractivity contribution is 5.76. The molecular formula is C14H13N3O2. The fourth-order valence-corrected chi connectivity index (χ4v) is 1.84. The van der Waals surface area contributed by atoms with Crippen LogP contribution < -0.4 is 15.2 Å². The molecule has 96 valence electrons. The first-order chi connectivity index (χ1) is 9.21. The zero-order valence-corrected chi connectivity index (χ0v) is 10.7. The van der Waals surface area contributed by atoms with E-state index >= 15 is 0 Å². The second-order valence-electron chi connectivity index (χ2n) is 3.80. The summed E-state index contributed by atoms with van der Waals surface area (Å²) in [5.74, 6) is 1.45. The summed E-state index contributed by atoms with van der Waals surface area (Å²) in [6.07, 6.45) is 1.57. The molecule has 2 N–H and O–H groups in total. The largest absolute Gasteiger partial charge is 0.493 e. The number of nitrogens with two attached hydrogens (primary N) is 1. The van der Waals surface area contributed by atoms with Crippen molar-refractivity contribution in [1.29, 1.82) is 5.26 Å². The second-order valence-corrected chi connectivity index (χ2v) is 3.80. The summed E-state index contributed by atoms with van der Waals surface area (Å²) in [5.41, 5.74) is 7.60. The highest BCUT2D eigenvalue weighted by Crippen LogP contribution is 2.34. The van der Waals surface area contributed by atoms with Crippen molar-refractivity contribution in [2.75, 3.05) is 20.0 Å². The van der Waals surface area contributed by atoms with Gasteiger partial charge >= 0.3 is 0 Å². The van der Waals surface area contributed by atoms with Gasteiger partial charge in [-0.15, -0.1) is 0 Å². The van der Waals surface area contributed by atoms with Crippen LogP contribution in [0.15, 0.2) is 30.5 Å². The molecule has 0 radical (unpaired) electrons. The van der Waals surface area contributed by atoms with Gasteiger partial charge in [-0.3, -0.25) is 0 Å². The number of hydrogen-bond donors (Lipinski definition) is 1. The Balaban J connectivity index is 2.60. The van der Waals surface area contributed by atoms with Gasteiger partial charge in [-0.25, -0.2) is 4.98 Å². The van der Waals surface area contributed by atoms with Gasteiger partial charge in [0.1, 0.15) is 17.5 Å². The van der Waals surface area contributed by atoms with Gasteiger partial charge in [0.25, 0.3) is 0 Å². The fraction of sp³-hybridized carbons (Fsp3) is 0.143. The van der Waals surface area contributed by atoms with Crippen LogP contribution in [0.2, 0.25) is 0 Å². The minimum atomic E-state index is 0.217. The Labute approximate surface area is 111 Å². The summed E-state index contributed by atoms with van der Waals surface area (Å²) in [6.45, 7) is 0. The Morgan fingerprint density at radius 2 is 1.89 bits per heavy atom. The third-order valence-electron chi connectivity index (χ3n) is 2.79. The number of benzene rings is 1. The number of ether oxygens (including phenoxy) is 2. The molecule has 19 heavy (non-hydrogen) atoms. The predicted octanol–water partition coefficient (Wildman–Crippen LogP) is 2.22. The van der Waals surface area contributed by atoms with E-state index in [0.29, 0.717) is 17.1 Å². The van der Waals surface area contributed by atoms with Crippen LogP contribution in [-0.4, -0.2) is 19.2 Å².